The number of nitrogens with one attached hydrogen (secondary N) is 2. The van der Waals surface area contributed by atoms with Crippen LogP contribution < -0.4 is 23.8 Å². The van der Waals surface area contributed by atoms with E-state index in [0.29, 0.717) is 11.8 Å². The van der Waals surface area contributed by atoms with Gasteiger partial charge in [-0.3, -0.25) is 13.8 Å². The number of hydrogen-bond donors (Lipinski definition) is 2. The zero-order valence-electron chi connectivity index (χ0n) is 21.1. The Hall–Kier alpha value is -3.69. The minimum atomic E-state index is -4.79. The highest BCUT2D eigenvalue weighted by atomic mass is 35.5. The van der Waals surface area contributed by atoms with Crippen LogP contribution in [0.1, 0.15) is 5.56 Å². The lowest BCUT2D eigenvalue weighted by atomic mass is 10.2. The third-order valence-electron chi connectivity index (χ3n) is 5.32. The first-order chi connectivity index (χ1) is 18.5. The standard InChI is InChI=1S/C24H23ClF3N3O7S2/c1-37-21-11-7-17(13-22(21)38-2)31(39(3,33)34)14-23(32)29-15-4-8-18(9-5-15)40(35,36)30-16-6-10-20(25)19(12-16)24(26,27)28/h4-13,30H,14H2,1-3H3,(H,29,32). The van der Waals surface area contributed by atoms with E-state index in [1.165, 1.54) is 44.6 Å². The number of rotatable bonds is 10. The van der Waals surface area contributed by atoms with E-state index in [0.717, 1.165) is 34.8 Å². The number of nitrogens with zero attached hydrogens (tertiary/aromatic N) is 1. The minimum Gasteiger partial charge on any atom is -0.493 e. The first-order valence-corrected chi connectivity index (χ1v) is 14.8. The number of hydrogen-bond acceptors (Lipinski definition) is 7. The van der Waals surface area contributed by atoms with E-state index in [9.17, 15) is 34.8 Å². The summed E-state index contributed by atoms with van der Waals surface area (Å²) in [6.45, 7) is -0.617. The van der Waals surface area contributed by atoms with Crippen LogP contribution in [0.5, 0.6) is 11.5 Å². The molecule has 2 N–H and O–H groups in total. The largest absolute Gasteiger partial charge is 0.493 e. The van der Waals surface area contributed by atoms with Gasteiger partial charge in [-0.1, -0.05) is 11.6 Å². The van der Waals surface area contributed by atoms with E-state index in [-0.39, 0.29) is 27.7 Å². The van der Waals surface area contributed by atoms with Crippen LogP contribution in [-0.4, -0.2) is 49.8 Å². The Labute approximate surface area is 233 Å². The van der Waals surface area contributed by atoms with E-state index < -0.39 is 49.3 Å². The quantitative estimate of drug-likeness (QED) is 0.339. The maximum absolute atomic E-state index is 13.1. The molecule has 0 saturated carbocycles. The molecule has 0 bridgehead atoms. The summed E-state index contributed by atoms with van der Waals surface area (Å²) in [6.07, 6.45) is -3.87. The first kappa shape index (κ1) is 30.8. The Bertz CT molecular complexity index is 1620. The molecule has 0 aromatic heterocycles. The van der Waals surface area contributed by atoms with Crippen molar-refractivity contribution in [1.82, 2.24) is 0 Å². The zero-order chi connectivity index (χ0) is 29.9. The van der Waals surface area contributed by atoms with Crippen molar-refractivity contribution in [3.05, 3.63) is 71.2 Å². The van der Waals surface area contributed by atoms with Gasteiger partial charge < -0.3 is 14.8 Å². The molecule has 0 spiro atoms. The topological polar surface area (TPSA) is 131 Å². The van der Waals surface area contributed by atoms with Crippen LogP contribution in [0.25, 0.3) is 0 Å². The summed E-state index contributed by atoms with van der Waals surface area (Å²) < 4.78 is 103. The molecule has 3 aromatic carbocycles. The Morgan fingerprint density at radius 1 is 0.900 bits per heavy atom. The van der Waals surface area contributed by atoms with Crippen LogP contribution in [-0.2, 0) is 31.0 Å². The first-order valence-electron chi connectivity index (χ1n) is 11.0. The predicted molar refractivity (Wildman–Crippen MR) is 144 cm³/mol. The van der Waals surface area contributed by atoms with Crippen LogP contribution in [0.4, 0.5) is 30.2 Å². The highest BCUT2D eigenvalue weighted by Gasteiger charge is 2.33. The molecule has 0 heterocycles. The fourth-order valence-corrected chi connectivity index (χ4v) is 5.57. The number of carbonyl (C=O) groups is 1. The highest BCUT2D eigenvalue weighted by Crippen LogP contribution is 2.37. The van der Waals surface area contributed by atoms with Gasteiger partial charge in [-0.25, -0.2) is 16.8 Å². The molecule has 0 saturated heterocycles. The molecule has 40 heavy (non-hydrogen) atoms. The molecule has 216 valence electrons. The third-order valence-corrected chi connectivity index (χ3v) is 8.18. The van der Waals surface area contributed by atoms with E-state index in [1.54, 1.807) is 0 Å². The number of benzene rings is 3. The average molecular weight is 622 g/mol. The van der Waals surface area contributed by atoms with E-state index in [1.807, 2.05) is 4.72 Å². The monoisotopic (exact) mass is 621 g/mol. The number of alkyl halides is 3. The van der Waals surface area contributed by atoms with Crippen molar-refractivity contribution < 1.29 is 44.3 Å². The van der Waals surface area contributed by atoms with Crippen molar-refractivity contribution in [2.45, 2.75) is 11.1 Å². The molecule has 0 aliphatic carbocycles. The molecule has 3 aromatic rings. The molecule has 10 nitrogen and oxygen atoms in total. The summed E-state index contributed by atoms with van der Waals surface area (Å²) in [6, 6.07) is 11.6. The number of halogens is 4. The van der Waals surface area contributed by atoms with Crippen molar-refractivity contribution in [3.8, 4) is 11.5 Å². The Morgan fingerprint density at radius 3 is 2.05 bits per heavy atom. The van der Waals surface area contributed by atoms with Crippen LogP contribution in [0, 0.1) is 0 Å². The van der Waals surface area contributed by atoms with Crippen molar-refractivity contribution in [2.75, 3.05) is 41.4 Å². The van der Waals surface area contributed by atoms with E-state index in [4.69, 9.17) is 21.1 Å². The second-order valence-corrected chi connectivity index (χ2v) is 12.2. The van der Waals surface area contributed by atoms with Crippen molar-refractivity contribution in [1.29, 1.82) is 0 Å². The molecule has 3 rings (SSSR count). The second kappa shape index (κ2) is 11.8. The van der Waals surface area contributed by atoms with Crippen LogP contribution in [0.3, 0.4) is 0 Å². The molecule has 0 aliphatic rings. The molecule has 0 unspecified atom stereocenters. The van der Waals surface area contributed by atoms with Gasteiger partial charge in [-0.15, -0.1) is 0 Å². The van der Waals surface area contributed by atoms with Gasteiger partial charge >= 0.3 is 6.18 Å². The summed E-state index contributed by atoms with van der Waals surface area (Å²) in [5.41, 5.74) is -1.29. The molecular formula is C24H23ClF3N3O7S2. The van der Waals surface area contributed by atoms with Gasteiger partial charge in [-0.05, 0) is 54.6 Å². The van der Waals surface area contributed by atoms with Gasteiger partial charge in [0.05, 0.1) is 41.6 Å². The molecule has 0 fully saturated rings. The SMILES string of the molecule is COc1ccc(N(CC(=O)Nc2ccc(S(=O)(=O)Nc3ccc(Cl)c(C(F)(F)F)c3)cc2)S(C)(=O)=O)cc1OC. The van der Waals surface area contributed by atoms with Gasteiger partial charge in [0.25, 0.3) is 10.0 Å². The number of anilines is 3. The fraction of sp³-hybridized carbons (Fsp3) is 0.208. The smallest absolute Gasteiger partial charge is 0.417 e. The summed E-state index contributed by atoms with van der Waals surface area (Å²) in [5.74, 6) is -0.145. The lowest BCUT2D eigenvalue weighted by Crippen LogP contribution is -2.37. The summed E-state index contributed by atoms with van der Waals surface area (Å²) in [4.78, 5) is 12.4. The van der Waals surface area contributed by atoms with Gasteiger partial charge in [-0.2, -0.15) is 13.2 Å². The minimum absolute atomic E-state index is 0.135. The highest BCUT2D eigenvalue weighted by molar-refractivity contribution is 7.92. The van der Waals surface area contributed by atoms with Crippen molar-refractivity contribution in [3.63, 3.8) is 0 Å². The molecule has 1 amide bonds. The van der Waals surface area contributed by atoms with Crippen LogP contribution in [0.15, 0.2) is 65.6 Å². The Balaban J connectivity index is 1.75. The fourth-order valence-electron chi connectivity index (χ4n) is 3.45. The van der Waals surface area contributed by atoms with E-state index in [2.05, 4.69) is 5.32 Å². The van der Waals surface area contributed by atoms with Crippen molar-refractivity contribution >= 4 is 54.6 Å². The molecule has 0 aliphatic heterocycles. The third kappa shape index (κ3) is 7.49. The summed E-state index contributed by atoms with van der Waals surface area (Å²) >= 11 is 5.57. The second-order valence-electron chi connectivity index (χ2n) is 8.18. The molecule has 0 radical (unpaired) electrons. The maximum Gasteiger partial charge on any atom is 0.417 e. The normalized spacial score (nSPS) is 12.0. The number of carbonyl (C=O) groups excluding carboxylic acids is 1. The number of ether oxygens (including phenoxy) is 2. The molecule has 0 atom stereocenters. The maximum atomic E-state index is 13.1. The van der Waals surface area contributed by atoms with Gasteiger partial charge in [0.2, 0.25) is 15.9 Å². The summed E-state index contributed by atoms with van der Waals surface area (Å²) in [5, 5.41) is 1.88. The van der Waals surface area contributed by atoms with Crippen LogP contribution in [0.2, 0.25) is 5.02 Å². The number of amides is 1. The van der Waals surface area contributed by atoms with Gasteiger partial charge in [0.15, 0.2) is 11.5 Å². The Kier molecular flexibility index (Phi) is 9.11. The lowest BCUT2D eigenvalue weighted by molar-refractivity contribution is -0.137. The summed E-state index contributed by atoms with van der Waals surface area (Å²) in [7, 11) is -5.44. The van der Waals surface area contributed by atoms with Crippen molar-refractivity contribution in [2.24, 2.45) is 0 Å². The number of sulfonamides is 2. The predicted octanol–water partition coefficient (Wildman–Crippen LogP) is 4.58. The molecular weight excluding hydrogens is 599 g/mol. The van der Waals surface area contributed by atoms with Gasteiger partial charge in [0, 0.05) is 17.4 Å². The number of methoxy groups -OCH3 is 2. The average Bonchev–Trinajstić information content (AvgIpc) is 2.87. The zero-order valence-corrected chi connectivity index (χ0v) is 23.5. The van der Waals surface area contributed by atoms with E-state index >= 15 is 0 Å². The van der Waals surface area contributed by atoms with Crippen LogP contribution >= 0.6 is 11.6 Å². The Morgan fingerprint density at radius 2 is 1.50 bits per heavy atom. The van der Waals surface area contributed by atoms with Gasteiger partial charge in [0.1, 0.15) is 6.54 Å². The molecule has 16 heteroatoms. The lowest BCUT2D eigenvalue weighted by Gasteiger charge is -2.23.